The van der Waals surface area contributed by atoms with E-state index in [-0.39, 0.29) is 21.5 Å². The number of rotatable bonds is 2. The lowest BCUT2D eigenvalue weighted by atomic mass is 10.2. The molecule has 0 aliphatic heterocycles. The Hall–Kier alpha value is -0.770. The Morgan fingerprint density at radius 1 is 1.28 bits per heavy atom. The van der Waals surface area contributed by atoms with Gasteiger partial charge in [0.05, 0.1) is 16.6 Å². The highest BCUT2D eigenvalue weighted by atomic mass is 35.5. The van der Waals surface area contributed by atoms with Crippen molar-refractivity contribution in [3.05, 3.63) is 27.7 Å². The molecule has 0 fully saturated rings. The van der Waals surface area contributed by atoms with Crippen LogP contribution in [-0.2, 0) is 10.0 Å². The summed E-state index contributed by atoms with van der Waals surface area (Å²) in [4.78, 5) is -0.117. The molecule has 0 radical (unpaired) electrons. The second-order valence-electron chi connectivity index (χ2n) is 3.56. The van der Waals surface area contributed by atoms with Crippen LogP contribution in [0.25, 0.3) is 0 Å². The summed E-state index contributed by atoms with van der Waals surface area (Å²) in [6, 6.07) is 2.90. The number of sulfonamides is 1. The van der Waals surface area contributed by atoms with Gasteiger partial charge < -0.3 is 5.73 Å². The SMILES string of the molecule is CN(C)S(=O)(=O)c1c(Cl)cc(C#CCN)cc1Cl. The van der Waals surface area contributed by atoms with Gasteiger partial charge in [-0.2, -0.15) is 0 Å². The van der Waals surface area contributed by atoms with Gasteiger partial charge in [-0.3, -0.25) is 0 Å². The van der Waals surface area contributed by atoms with Crippen molar-refractivity contribution in [2.75, 3.05) is 20.6 Å². The van der Waals surface area contributed by atoms with Gasteiger partial charge in [0.1, 0.15) is 4.90 Å². The van der Waals surface area contributed by atoms with Crippen molar-refractivity contribution in [2.24, 2.45) is 5.73 Å². The first-order valence-corrected chi connectivity index (χ1v) is 7.10. The van der Waals surface area contributed by atoms with E-state index in [0.717, 1.165) is 4.31 Å². The molecule has 0 aromatic heterocycles. The second-order valence-corrected chi connectivity index (χ2v) is 6.47. The smallest absolute Gasteiger partial charge is 0.245 e. The maximum Gasteiger partial charge on any atom is 0.245 e. The van der Waals surface area contributed by atoms with E-state index >= 15 is 0 Å². The van der Waals surface area contributed by atoms with Crippen LogP contribution < -0.4 is 5.73 Å². The normalized spacial score (nSPS) is 11.2. The van der Waals surface area contributed by atoms with E-state index in [2.05, 4.69) is 11.8 Å². The van der Waals surface area contributed by atoms with E-state index < -0.39 is 10.0 Å². The highest BCUT2D eigenvalue weighted by Crippen LogP contribution is 2.32. The molecule has 98 valence electrons. The topological polar surface area (TPSA) is 63.4 Å². The third kappa shape index (κ3) is 3.16. The fourth-order valence-corrected chi connectivity index (χ4v) is 3.26. The molecule has 7 heteroatoms. The van der Waals surface area contributed by atoms with Gasteiger partial charge in [0.15, 0.2) is 0 Å². The molecule has 0 atom stereocenters. The fourth-order valence-electron chi connectivity index (χ4n) is 1.21. The second kappa shape index (κ2) is 5.91. The average Bonchev–Trinajstić information content (AvgIpc) is 2.24. The first kappa shape index (κ1) is 15.3. The van der Waals surface area contributed by atoms with Crippen LogP contribution in [0, 0.1) is 11.8 Å². The van der Waals surface area contributed by atoms with E-state index in [4.69, 9.17) is 28.9 Å². The molecule has 0 saturated carbocycles. The van der Waals surface area contributed by atoms with Crippen molar-refractivity contribution in [1.29, 1.82) is 0 Å². The van der Waals surface area contributed by atoms with Crippen LogP contribution >= 0.6 is 23.2 Å². The summed E-state index contributed by atoms with van der Waals surface area (Å²) in [5.74, 6) is 5.38. The van der Waals surface area contributed by atoms with Crippen molar-refractivity contribution in [2.45, 2.75) is 4.90 Å². The van der Waals surface area contributed by atoms with Gasteiger partial charge in [-0.05, 0) is 12.1 Å². The zero-order valence-electron chi connectivity index (χ0n) is 9.87. The molecule has 0 saturated heterocycles. The zero-order chi connectivity index (χ0) is 13.9. The predicted octanol–water partition coefficient (Wildman–Crippen LogP) is 1.55. The van der Waals surface area contributed by atoms with Gasteiger partial charge in [-0.1, -0.05) is 35.0 Å². The molecule has 0 aliphatic rings. The molecule has 0 unspecified atom stereocenters. The van der Waals surface area contributed by atoms with Crippen LogP contribution in [0.4, 0.5) is 0 Å². The van der Waals surface area contributed by atoms with Gasteiger partial charge in [-0.25, -0.2) is 12.7 Å². The van der Waals surface area contributed by atoms with E-state index in [9.17, 15) is 8.42 Å². The zero-order valence-corrected chi connectivity index (χ0v) is 12.2. The first-order valence-electron chi connectivity index (χ1n) is 4.91. The lowest BCUT2D eigenvalue weighted by Crippen LogP contribution is -2.23. The monoisotopic (exact) mass is 306 g/mol. The minimum atomic E-state index is -3.68. The van der Waals surface area contributed by atoms with Crippen molar-refractivity contribution >= 4 is 33.2 Å². The molecule has 1 aromatic carbocycles. The third-order valence-electron chi connectivity index (χ3n) is 2.07. The van der Waals surface area contributed by atoms with Gasteiger partial charge >= 0.3 is 0 Å². The maximum atomic E-state index is 12.0. The average molecular weight is 307 g/mol. The fraction of sp³-hybridized carbons (Fsp3) is 0.273. The van der Waals surface area contributed by atoms with Crippen LogP contribution in [0.5, 0.6) is 0 Å². The largest absolute Gasteiger partial charge is 0.320 e. The van der Waals surface area contributed by atoms with Crippen LogP contribution in [-0.4, -0.2) is 33.4 Å². The summed E-state index contributed by atoms with van der Waals surface area (Å²) >= 11 is 11.9. The van der Waals surface area contributed by atoms with Crippen LogP contribution in [0.3, 0.4) is 0 Å². The highest BCUT2D eigenvalue weighted by Gasteiger charge is 2.24. The van der Waals surface area contributed by atoms with Crippen LogP contribution in [0.1, 0.15) is 5.56 Å². The van der Waals surface area contributed by atoms with Gasteiger partial charge in [-0.15, -0.1) is 0 Å². The molecule has 0 aliphatic carbocycles. The number of nitrogens with two attached hydrogens (primary N) is 1. The molecule has 4 nitrogen and oxygen atoms in total. The van der Waals surface area contributed by atoms with Crippen molar-refractivity contribution in [1.82, 2.24) is 4.31 Å². The Balaban J connectivity index is 3.43. The number of nitrogens with zero attached hydrogens (tertiary/aromatic N) is 1. The Labute approximate surface area is 117 Å². The molecule has 0 amide bonds. The molecule has 2 N–H and O–H groups in total. The summed E-state index contributed by atoms with van der Waals surface area (Å²) in [6.45, 7) is 0.201. The minimum absolute atomic E-state index is 0.0394. The molecular weight excluding hydrogens is 295 g/mol. The molecule has 1 aromatic rings. The Bertz CT molecular complexity index is 593. The van der Waals surface area contributed by atoms with Gasteiger partial charge in [0.2, 0.25) is 10.0 Å². The Morgan fingerprint density at radius 2 is 1.78 bits per heavy atom. The Morgan fingerprint density at radius 3 is 2.17 bits per heavy atom. The van der Waals surface area contributed by atoms with E-state index in [0.29, 0.717) is 5.56 Å². The molecule has 0 heterocycles. The van der Waals surface area contributed by atoms with Gasteiger partial charge in [0.25, 0.3) is 0 Å². The molecule has 0 bridgehead atoms. The predicted molar refractivity (Wildman–Crippen MR) is 73.3 cm³/mol. The number of halogens is 2. The van der Waals surface area contributed by atoms with E-state index in [1.807, 2.05) is 0 Å². The highest BCUT2D eigenvalue weighted by molar-refractivity contribution is 7.89. The Kier molecular flexibility index (Phi) is 5.02. The maximum absolute atomic E-state index is 12.0. The summed E-state index contributed by atoms with van der Waals surface area (Å²) in [7, 11) is -0.865. The summed E-state index contributed by atoms with van der Waals surface area (Å²) in [6.07, 6.45) is 0. The van der Waals surface area contributed by atoms with E-state index in [1.165, 1.54) is 26.2 Å². The summed E-state index contributed by atoms with van der Waals surface area (Å²) in [5.41, 5.74) is 5.77. The lowest BCUT2D eigenvalue weighted by Gasteiger charge is -2.14. The number of hydrogen-bond donors (Lipinski definition) is 1. The summed E-state index contributed by atoms with van der Waals surface area (Å²) in [5, 5.41) is 0.0787. The molecule has 1 rings (SSSR count). The summed E-state index contributed by atoms with van der Waals surface area (Å²) < 4.78 is 25.0. The number of benzene rings is 1. The molecule has 18 heavy (non-hydrogen) atoms. The van der Waals surface area contributed by atoms with Gasteiger partial charge in [0, 0.05) is 19.7 Å². The first-order chi connectivity index (χ1) is 8.30. The van der Waals surface area contributed by atoms with Crippen molar-refractivity contribution in [3.8, 4) is 11.8 Å². The molecular formula is C11H12Cl2N2O2S. The van der Waals surface area contributed by atoms with Crippen LogP contribution in [0.15, 0.2) is 17.0 Å². The standard InChI is InChI=1S/C11H12Cl2N2O2S/c1-15(2)18(16,17)11-9(12)6-8(4-3-5-14)7-10(11)13/h6-7H,5,14H2,1-2H3. The van der Waals surface area contributed by atoms with Crippen LogP contribution in [0.2, 0.25) is 10.0 Å². The minimum Gasteiger partial charge on any atom is -0.320 e. The van der Waals surface area contributed by atoms with E-state index in [1.54, 1.807) is 0 Å². The molecule has 0 spiro atoms. The van der Waals surface area contributed by atoms with Crippen molar-refractivity contribution in [3.63, 3.8) is 0 Å². The lowest BCUT2D eigenvalue weighted by molar-refractivity contribution is 0.521. The quantitative estimate of drug-likeness (QED) is 0.843. The third-order valence-corrected chi connectivity index (χ3v) is 4.81. The van der Waals surface area contributed by atoms with Crippen molar-refractivity contribution < 1.29 is 8.42 Å². The number of hydrogen-bond acceptors (Lipinski definition) is 3.